The minimum absolute atomic E-state index is 0.176. The molecule has 1 heterocycles. The summed E-state index contributed by atoms with van der Waals surface area (Å²) in [5, 5.41) is 6.55. The minimum atomic E-state index is -0.401. The number of fused-ring (bicyclic) bond motifs is 2. The molecule has 0 aliphatic carbocycles. The molecule has 4 rings (SSSR count). The molecule has 0 bridgehead atoms. The van der Waals surface area contributed by atoms with Gasteiger partial charge < -0.3 is 25.2 Å². The Bertz CT molecular complexity index is 1430. The second-order valence-corrected chi connectivity index (χ2v) is 11.3. The molecule has 1 atom stereocenters. The fourth-order valence-electron chi connectivity index (χ4n) is 4.99. The van der Waals surface area contributed by atoms with Gasteiger partial charge in [0.25, 0.3) is 11.8 Å². The van der Waals surface area contributed by atoms with Crippen LogP contribution in [0.2, 0.25) is 5.02 Å². The molecule has 2 N–H and O–H groups in total. The number of aryl methyl sites for hydroxylation is 1. The predicted octanol–water partition coefficient (Wildman–Crippen LogP) is 5.51. The Morgan fingerprint density at radius 2 is 1.98 bits per heavy atom. The normalized spacial score (nSPS) is 13.5. The molecule has 1 aliphatic heterocycles. The van der Waals surface area contributed by atoms with E-state index in [1.165, 1.54) is 0 Å². The van der Waals surface area contributed by atoms with E-state index in [1.54, 1.807) is 52.9 Å². The Balaban J connectivity index is 1.73. The van der Waals surface area contributed by atoms with Crippen LogP contribution < -0.4 is 20.4 Å². The van der Waals surface area contributed by atoms with Gasteiger partial charge in [-0.3, -0.25) is 14.4 Å². The largest absolute Gasteiger partial charge is 0.383 e. The molecule has 216 valence electrons. The number of ether oxygens (including phenoxy) is 1. The first-order valence-corrected chi connectivity index (χ1v) is 15.1. The highest BCUT2D eigenvalue weighted by Gasteiger charge is 2.33. The Kier molecular flexibility index (Phi) is 10.4. The summed E-state index contributed by atoms with van der Waals surface area (Å²) in [5.41, 5.74) is 5.16. The fourth-order valence-corrected chi connectivity index (χ4v) is 5.88. The molecule has 8 nitrogen and oxygen atoms in total. The quantitative estimate of drug-likeness (QED) is 0.212. The monoisotopic (exact) mass is 594 g/mol. The molecule has 3 amide bonds. The number of methoxy groups -OCH3 is 1. The number of amides is 3. The number of halogens is 1. The summed E-state index contributed by atoms with van der Waals surface area (Å²) in [7, 11) is 1.66. The van der Waals surface area contributed by atoms with E-state index in [0.29, 0.717) is 36.8 Å². The summed E-state index contributed by atoms with van der Waals surface area (Å²) >= 11 is 8.10. The fraction of sp³-hybridized carbons (Fsp3) is 0.323. The van der Waals surface area contributed by atoms with Crippen LogP contribution in [0, 0.1) is 6.92 Å². The van der Waals surface area contributed by atoms with E-state index in [1.807, 2.05) is 44.4 Å². The first kappa shape index (κ1) is 30.6. The van der Waals surface area contributed by atoms with Crippen LogP contribution in [0.3, 0.4) is 0 Å². The lowest BCUT2D eigenvalue weighted by molar-refractivity contribution is -0.107. The maximum Gasteiger partial charge on any atom is 0.260 e. The second-order valence-electron chi connectivity index (χ2n) is 9.98. The molecule has 3 aromatic carbocycles. The zero-order chi connectivity index (χ0) is 29.5. The molecule has 3 aromatic rings. The molecular formula is C31H35ClN4O4S. The van der Waals surface area contributed by atoms with E-state index in [4.69, 9.17) is 16.3 Å². The number of nitrogens with zero attached hydrogens (tertiary/aromatic N) is 2. The number of carbonyl (C=O) groups excluding carboxylic acids is 3. The number of hydrogen-bond donors (Lipinski definition) is 2. The van der Waals surface area contributed by atoms with Crippen LogP contribution in [0.25, 0.3) is 0 Å². The van der Waals surface area contributed by atoms with Crippen molar-refractivity contribution in [2.24, 2.45) is 0 Å². The Hall–Kier alpha value is -3.37. The van der Waals surface area contributed by atoms with Crippen LogP contribution in [-0.4, -0.2) is 56.5 Å². The SMILES string of the molecule is COCCNCc1cc(C)ccc1N(C=O)Cc1ccc2c(c1)N([C@@H](C)CSC)C(=O)c1c(Cl)cccc1C(=O)N2. The summed E-state index contributed by atoms with van der Waals surface area (Å²) in [6, 6.07) is 16.2. The molecule has 0 saturated carbocycles. The van der Waals surface area contributed by atoms with Gasteiger partial charge in [0.05, 0.1) is 40.7 Å². The molecule has 0 spiro atoms. The highest BCUT2D eigenvalue weighted by atomic mass is 35.5. The molecule has 0 aromatic heterocycles. The van der Waals surface area contributed by atoms with E-state index >= 15 is 0 Å². The molecule has 0 saturated heterocycles. The summed E-state index contributed by atoms with van der Waals surface area (Å²) in [6.45, 7) is 6.11. The van der Waals surface area contributed by atoms with E-state index in [0.717, 1.165) is 28.8 Å². The van der Waals surface area contributed by atoms with Gasteiger partial charge >= 0.3 is 0 Å². The van der Waals surface area contributed by atoms with Crippen LogP contribution in [0.5, 0.6) is 0 Å². The van der Waals surface area contributed by atoms with E-state index < -0.39 is 5.91 Å². The van der Waals surface area contributed by atoms with Crippen molar-refractivity contribution in [1.29, 1.82) is 0 Å². The van der Waals surface area contributed by atoms with Gasteiger partial charge in [0.2, 0.25) is 6.41 Å². The van der Waals surface area contributed by atoms with Crippen LogP contribution >= 0.6 is 23.4 Å². The minimum Gasteiger partial charge on any atom is -0.383 e. The predicted molar refractivity (Wildman–Crippen MR) is 168 cm³/mol. The van der Waals surface area contributed by atoms with Crippen LogP contribution in [0.1, 0.15) is 44.3 Å². The highest BCUT2D eigenvalue weighted by Crippen LogP contribution is 2.36. The molecule has 0 radical (unpaired) electrons. The molecular weight excluding hydrogens is 560 g/mol. The average Bonchev–Trinajstić information content (AvgIpc) is 2.95. The van der Waals surface area contributed by atoms with Gasteiger partial charge in [-0.1, -0.05) is 41.4 Å². The number of hydrogen-bond acceptors (Lipinski definition) is 6. The van der Waals surface area contributed by atoms with Gasteiger partial charge in [0.15, 0.2) is 0 Å². The van der Waals surface area contributed by atoms with Crippen LogP contribution in [0.4, 0.5) is 17.1 Å². The van der Waals surface area contributed by atoms with Crippen molar-refractivity contribution in [1.82, 2.24) is 5.32 Å². The molecule has 41 heavy (non-hydrogen) atoms. The van der Waals surface area contributed by atoms with Gasteiger partial charge in [0, 0.05) is 37.7 Å². The Morgan fingerprint density at radius 1 is 1.17 bits per heavy atom. The van der Waals surface area contributed by atoms with Gasteiger partial charge in [-0.15, -0.1) is 0 Å². The number of carbonyl (C=O) groups is 3. The lowest BCUT2D eigenvalue weighted by Gasteiger charge is -2.34. The molecule has 10 heteroatoms. The Labute approximate surface area is 250 Å². The third-order valence-corrected chi connectivity index (χ3v) is 8.06. The van der Waals surface area contributed by atoms with Crippen molar-refractivity contribution in [3.63, 3.8) is 0 Å². The lowest BCUT2D eigenvalue weighted by atomic mass is 10.0. The van der Waals surface area contributed by atoms with E-state index in [2.05, 4.69) is 16.7 Å². The smallest absolute Gasteiger partial charge is 0.260 e. The molecule has 0 fully saturated rings. The topological polar surface area (TPSA) is 91.0 Å². The van der Waals surface area contributed by atoms with Crippen molar-refractivity contribution in [3.05, 3.63) is 87.4 Å². The van der Waals surface area contributed by atoms with Crippen molar-refractivity contribution < 1.29 is 19.1 Å². The van der Waals surface area contributed by atoms with Gasteiger partial charge in [-0.05, 0) is 61.6 Å². The number of anilines is 3. The maximum absolute atomic E-state index is 14.0. The van der Waals surface area contributed by atoms with Gasteiger partial charge in [-0.25, -0.2) is 0 Å². The number of rotatable bonds is 12. The average molecular weight is 595 g/mol. The zero-order valence-electron chi connectivity index (χ0n) is 23.7. The first-order valence-electron chi connectivity index (χ1n) is 13.4. The number of nitrogens with one attached hydrogen (secondary N) is 2. The van der Waals surface area contributed by atoms with E-state index in [9.17, 15) is 14.4 Å². The molecule has 0 unspecified atom stereocenters. The first-order chi connectivity index (χ1) is 19.8. The summed E-state index contributed by atoms with van der Waals surface area (Å²) < 4.78 is 5.13. The van der Waals surface area contributed by atoms with Gasteiger partial charge in [-0.2, -0.15) is 11.8 Å². The van der Waals surface area contributed by atoms with Gasteiger partial charge in [0.1, 0.15) is 0 Å². The van der Waals surface area contributed by atoms with Crippen LogP contribution in [0.15, 0.2) is 54.6 Å². The highest BCUT2D eigenvalue weighted by molar-refractivity contribution is 7.98. The third kappa shape index (κ3) is 6.93. The number of benzene rings is 3. The second kappa shape index (κ2) is 14.0. The van der Waals surface area contributed by atoms with Crippen molar-refractivity contribution in [2.45, 2.75) is 33.0 Å². The van der Waals surface area contributed by atoms with Crippen molar-refractivity contribution >= 4 is 58.6 Å². The summed E-state index contributed by atoms with van der Waals surface area (Å²) in [5.74, 6) is -0.0655. The van der Waals surface area contributed by atoms with Crippen LogP contribution in [-0.2, 0) is 22.6 Å². The van der Waals surface area contributed by atoms with E-state index in [-0.39, 0.29) is 34.6 Å². The third-order valence-electron chi connectivity index (χ3n) is 6.93. The summed E-state index contributed by atoms with van der Waals surface area (Å²) in [4.78, 5) is 43.0. The Morgan fingerprint density at radius 3 is 2.71 bits per heavy atom. The zero-order valence-corrected chi connectivity index (χ0v) is 25.3. The maximum atomic E-state index is 14.0. The molecule has 1 aliphatic rings. The summed E-state index contributed by atoms with van der Waals surface area (Å²) in [6.07, 6.45) is 2.80. The van der Waals surface area contributed by atoms with Crippen molar-refractivity contribution in [3.8, 4) is 0 Å². The number of thioether (sulfide) groups is 1. The van der Waals surface area contributed by atoms with Crippen molar-refractivity contribution in [2.75, 3.05) is 47.4 Å². The standard InChI is InChI=1S/C31H35ClN4O4S/c1-20-8-11-27(23(14-20)16-33-12-13-40-3)35(19-37)17-22-9-10-26-28(15-22)36(21(2)18-41-4)31(39)29-24(30(38)34-26)6-5-7-25(29)32/h5-11,14-15,19,21,33H,12-13,16-18H2,1-4H3,(H,34,38)/t21-/m0/s1. The lowest BCUT2D eigenvalue weighted by Crippen LogP contribution is -2.43.